The van der Waals surface area contributed by atoms with E-state index in [4.69, 9.17) is 16.1 Å². The maximum Gasteiger partial charge on any atom is 0.246 e. The van der Waals surface area contributed by atoms with E-state index in [2.05, 4.69) is 14.8 Å². The van der Waals surface area contributed by atoms with Gasteiger partial charge in [-0.3, -0.25) is 4.90 Å². The molecule has 0 spiro atoms. The van der Waals surface area contributed by atoms with Crippen LogP contribution in [0.15, 0.2) is 33.7 Å². The highest BCUT2D eigenvalue weighted by Gasteiger charge is 2.27. The predicted octanol–water partition coefficient (Wildman–Crippen LogP) is 3.31. The van der Waals surface area contributed by atoms with Crippen LogP contribution < -0.4 is 4.72 Å². The zero-order valence-corrected chi connectivity index (χ0v) is 16.5. The van der Waals surface area contributed by atoms with Crippen LogP contribution in [0.4, 0.5) is 0 Å². The van der Waals surface area contributed by atoms with Crippen LogP contribution in [0.2, 0.25) is 5.02 Å². The van der Waals surface area contributed by atoms with Gasteiger partial charge in [-0.15, -0.1) is 0 Å². The molecule has 138 valence electrons. The van der Waals surface area contributed by atoms with E-state index in [0.29, 0.717) is 10.7 Å². The monoisotopic (exact) mass is 385 g/mol. The molecule has 0 saturated heterocycles. The molecule has 0 bridgehead atoms. The van der Waals surface area contributed by atoms with E-state index in [1.54, 1.807) is 13.8 Å². The molecule has 2 aromatic rings. The second-order valence-corrected chi connectivity index (χ2v) is 7.87. The summed E-state index contributed by atoms with van der Waals surface area (Å²) in [4.78, 5) is 2.27. The third-order valence-electron chi connectivity index (χ3n) is 4.22. The van der Waals surface area contributed by atoms with E-state index >= 15 is 0 Å². The standard InChI is InChI=1S/C17H24ClN3O3S/c1-5-21(6-2)16(14-9-7-8-10-15(14)18)11-19-25(22,23)17-12(3)20-24-13(17)4/h7-10,16,19H,5-6,11H2,1-4H3/t16-/m0/s1. The highest BCUT2D eigenvalue weighted by atomic mass is 35.5. The van der Waals surface area contributed by atoms with Crippen molar-refractivity contribution in [1.82, 2.24) is 14.8 Å². The van der Waals surface area contributed by atoms with E-state index < -0.39 is 10.0 Å². The van der Waals surface area contributed by atoms with Gasteiger partial charge < -0.3 is 4.52 Å². The Bertz CT molecular complexity index is 797. The lowest BCUT2D eigenvalue weighted by molar-refractivity contribution is 0.220. The number of aromatic nitrogens is 1. The number of nitrogens with zero attached hydrogens (tertiary/aromatic N) is 2. The first-order valence-corrected chi connectivity index (χ1v) is 10.1. The van der Waals surface area contributed by atoms with E-state index in [1.807, 2.05) is 38.1 Å². The molecule has 25 heavy (non-hydrogen) atoms. The molecule has 6 nitrogen and oxygen atoms in total. The molecule has 0 radical (unpaired) electrons. The van der Waals surface area contributed by atoms with Crippen molar-refractivity contribution >= 4 is 21.6 Å². The van der Waals surface area contributed by atoms with E-state index in [9.17, 15) is 8.42 Å². The molecule has 1 aromatic carbocycles. The van der Waals surface area contributed by atoms with Gasteiger partial charge in [0.25, 0.3) is 0 Å². The lowest BCUT2D eigenvalue weighted by atomic mass is 10.1. The molecule has 2 rings (SSSR count). The van der Waals surface area contributed by atoms with E-state index in [-0.39, 0.29) is 23.2 Å². The van der Waals surface area contributed by atoms with Gasteiger partial charge in [0, 0.05) is 17.6 Å². The van der Waals surface area contributed by atoms with Gasteiger partial charge in [-0.1, -0.05) is 48.8 Å². The molecule has 0 fully saturated rings. The number of rotatable bonds is 8. The summed E-state index contributed by atoms with van der Waals surface area (Å²) in [7, 11) is -3.72. The third-order valence-corrected chi connectivity index (χ3v) is 6.23. The summed E-state index contributed by atoms with van der Waals surface area (Å²) in [6.07, 6.45) is 0. The quantitative estimate of drug-likeness (QED) is 0.754. The fourth-order valence-corrected chi connectivity index (χ4v) is 4.59. The first-order chi connectivity index (χ1) is 11.8. The van der Waals surface area contributed by atoms with Gasteiger partial charge in [-0.25, -0.2) is 13.1 Å². The largest absolute Gasteiger partial charge is 0.360 e. The number of halogens is 1. The van der Waals surface area contributed by atoms with Gasteiger partial charge in [-0.2, -0.15) is 0 Å². The number of sulfonamides is 1. The Kier molecular flexibility index (Phi) is 6.62. The second kappa shape index (κ2) is 8.31. The molecule has 0 aliphatic carbocycles. The van der Waals surface area contributed by atoms with Crippen LogP contribution in [-0.4, -0.2) is 38.1 Å². The summed E-state index contributed by atoms with van der Waals surface area (Å²) in [5, 5.41) is 4.34. The number of hydrogen-bond acceptors (Lipinski definition) is 5. The minimum absolute atomic E-state index is 0.102. The summed E-state index contributed by atoms with van der Waals surface area (Å²) in [6, 6.07) is 7.34. The van der Waals surface area contributed by atoms with Crippen LogP contribution in [-0.2, 0) is 10.0 Å². The third kappa shape index (κ3) is 4.41. The Hall–Kier alpha value is -1.41. The minimum atomic E-state index is -3.72. The van der Waals surface area contributed by atoms with Crippen LogP contribution in [0.5, 0.6) is 0 Å². The summed E-state index contributed by atoms with van der Waals surface area (Å²) < 4.78 is 33.1. The molecule has 0 saturated carbocycles. The first kappa shape index (κ1) is 19.9. The number of hydrogen-bond donors (Lipinski definition) is 1. The van der Waals surface area contributed by atoms with Gasteiger partial charge in [-0.05, 0) is 38.6 Å². The zero-order valence-electron chi connectivity index (χ0n) is 14.9. The molecule has 1 N–H and O–H groups in total. The van der Waals surface area contributed by atoms with Crippen molar-refractivity contribution in [3.8, 4) is 0 Å². The Morgan fingerprint density at radius 2 is 1.88 bits per heavy atom. The van der Waals surface area contributed by atoms with Crippen molar-refractivity contribution in [3.05, 3.63) is 46.3 Å². The van der Waals surface area contributed by atoms with Gasteiger partial charge in [0.1, 0.15) is 10.6 Å². The van der Waals surface area contributed by atoms with Crippen LogP contribution in [0.25, 0.3) is 0 Å². The molecule has 1 atom stereocenters. The van der Waals surface area contributed by atoms with Crippen molar-refractivity contribution in [2.45, 2.75) is 38.6 Å². The van der Waals surface area contributed by atoms with Crippen molar-refractivity contribution in [3.63, 3.8) is 0 Å². The van der Waals surface area contributed by atoms with Gasteiger partial charge in [0.2, 0.25) is 10.0 Å². The van der Waals surface area contributed by atoms with Crippen LogP contribution in [0.3, 0.4) is 0 Å². The number of nitrogens with one attached hydrogen (secondary N) is 1. The molecule has 1 heterocycles. The molecule has 0 unspecified atom stereocenters. The maximum absolute atomic E-state index is 12.7. The smallest absolute Gasteiger partial charge is 0.246 e. The Morgan fingerprint density at radius 3 is 2.40 bits per heavy atom. The highest BCUT2D eigenvalue weighted by molar-refractivity contribution is 7.89. The molecule has 8 heteroatoms. The number of likely N-dealkylation sites (N-methyl/N-ethyl adjacent to an activating group) is 1. The van der Waals surface area contributed by atoms with E-state index in [0.717, 1.165) is 18.7 Å². The first-order valence-electron chi connectivity index (χ1n) is 8.22. The van der Waals surface area contributed by atoms with Gasteiger partial charge >= 0.3 is 0 Å². The van der Waals surface area contributed by atoms with Crippen molar-refractivity contribution in [2.75, 3.05) is 19.6 Å². The lowest BCUT2D eigenvalue weighted by Crippen LogP contribution is -2.38. The molecule has 0 aliphatic rings. The number of aryl methyl sites for hydroxylation is 2. The fraction of sp³-hybridized carbons (Fsp3) is 0.471. The summed E-state index contributed by atoms with van der Waals surface area (Å²) >= 11 is 6.35. The number of benzene rings is 1. The molecule has 0 amide bonds. The second-order valence-electron chi connectivity index (χ2n) is 5.76. The predicted molar refractivity (Wildman–Crippen MR) is 98.3 cm³/mol. The molecular weight excluding hydrogens is 362 g/mol. The molecule has 0 aliphatic heterocycles. The minimum Gasteiger partial charge on any atom is -0.360 e. The summed E-state index contributed by atoms with van der Waals surface area (Å²) in [5.41, 5.74) is 1.25. The highest BCUT2D eigenvalue weighted by Crippen LogP contribution is 2.28. The molecular formula is C17H24ClN3O3S. The van der Waals surface area contributed by atoms with Crippen LogP contribution >= 0.6 is 11.6 Å². The van der Waals surface area contributed by atoms with Crippen molar-refractivity contribution in [2.24, 2.45) is 0 Å². The zero-order chi connectivity index (χ0) is 18.6. The Balaban J connectivity index is 2.31. The molecule has 1 aromatic heterocycles. The lowest BCUT2D eigenvalue weighted by Gasteiger charge is -2.30. The van der Waals surface area contributed by atoms with Gasteiger partial charge in [0.05, 0.1) is 0 Å². The van der Waals surface area contributed by atoms with E-state index in [1.165, 1.54) is 0 Å². The van der Waals surface area contributed by atoms with Crippen LogP contribution in [0.1, 0.15) is 36.9 Å². The summed E-state index contributed by atoms with van der Waals surface area (Å²) in [5.74, 6) is 0.280. The van der Waals surface area contributed by atoms with Gasteiger partial charge in [0.15, 0.2) is 5.76 Å². The fourth-order valence-electron chi connectivity index (χ4n) is 2.96. The average Bonchev–Trinajstić information content (AvgIpc) is 2.92. The van der Waals surface area contributed by atoms with Crippen molar-refractivity contribution < 1.29 is 12.9 Å². The topological polar surface area (TPSA) is 75.4 Å². The Morgan fingerprint density at radius 1 is 1.24 bits per heavy atom. The van der Waals surface area contributed by atoms with Crippen LogP contribution in [0, 0.1) is 13.8 Å². The normalized spacial score (nSPS) is 13.4. The average molecular weight is 386 g/mol. The SMILES string of the molecule is CCN(CC)[C@@H](CNS(=O)(=O)c1c(C)noc1C)c1ccccc1Cl. The van der Waals surface area contributed by atoms with Crippen molar-refractivity contribution in [1.29, 1.82) is 0 Å². The summed E-state index contributed by atoms with van der Waals surface area (Å²) in [6.45, 7) is 9.04. The maximum atomic E-state index is 12.7. The Labute approximate surface area is 154 Å².